The first-order chi connectivity index (χ1) is 7.56. The summed E-state index contributed by atoms with van der Waals surface area (Å²) in [7, 11) is 2.07. The van der Waals surface area contributed by atoms with Gasteiger partial charge in [-0.15, -0.1) is 0 Å². The maximum absolute atomic E-state index is 9.00. The van der Waals surface area contributed by atoms with Crippen molar-refractivity contribution in [3.63, 3.8) is 0 Å². The van der Waals surface area contributed by atoms with Gasteiger partial charge in [-0.1, -0.05) is 19.8 Å². The molecule has 94 valence electrons. The predicted octanol–water partition coefficient (Wildman–Crippen LogP) is 1.45. The van der Waals surface area contributed by atoms with E-state index in [1.807, 2.05) is 0 Å². The Balaban J connectivity index is 0.000000487. The SMILES string of the molecule is CC(=O)O.CCCCCNN1C=CN(C)C1. The van der Waals surface area contributed by atoms with Crippen molar-refractivity contribution in [3.05, 3.63) is 12.4 Å². The van der Waals surface area contributed by atoms with Gasteiger partial charge in [0.05, 0.1) is 0 Å². The molecule has 0 aliphatic carbocycles. The van der Waals surface area contributed by atoms with E-state index < -0.39 is 5.97 Å². The lowest BCUT2D eigenvalue weighted by molar-refractivity contribution is -0.134. The third kappa shape index (κ3) is 9.33. The van der Waals surface area contributed by atoms with Crippen LogP contribution in [0.4, 0.5) is 0 Å². The van der Waals surface area contributed by atoms with Gasteiger partial charge < -0.3 is 10.0 Å². The number of hydrogen-bond acceptors (Lipinski definition) is 4. The van der Waals surface area contributed by atoms with Crippen molar-refractivity contribution < 1.29 is 9.90 Å². The Kier molecular flexibility index (Phi) is 8.34. The van der Waals surface area contributed by atoms with Gasteiger partial charge in [-0.2, -0.15) is 0 Å². The molecular weight excluding hydrogens is 206 g/mol. The second kappa shape index (κ2) is 9.03. The van der Waals surface area contributed by atoms with Gasteiger partial charge in [-0.05, 0) is 6.42 Å². The normalized spacial score (nSPS) is 13.7. The number of carbonyl (C=O) groups is 1. The lowest BCUT2D eigenvalue weighted by atomic mass is 10.2. The minimum atomic E-state index is -0.833. The summed E-state index contributed by atoms with van der Waals surface area (Å²) in [6.45, 7) is 5.36. The second-order valence-corrected chi connectivity index (χ2v) is 3.80. The number of carboxylic acid groups (broad SMARTS) is 1. The van der Waals surface area contributed by atoms with Crippen LogP contribution >= 0.6 is 0 Å². The zero-order chi connectivity index (χ0) is 12.4. The number of carboxylic acids is 1. The minimum Gasteiger partial charge on any atom is -0.481 e. The van der Waals surface area contributed by atoms with E-state index in [1.165, 1.54) is 19.3 Å². The average molecular weight is 229 g/mol. The molecule has 5 nitrogen and oxygen atoms in total. The van der Waals surface area contributed by atoms with Crippen LogP contribution in [0.3, 0.4) is 0 Å². The molecule has 0 bridgehead atoms. The summed E-state index contributed by atoms with van der Waals surface area (Å²) in [4.78, 5) is 11.1. The highest BCUT2D eigenvalue weighted by Crippen LogP contribution is 2.00. The summed E-state index contributed by atoms with van der Waals surface area (Å²) in [6.07, 6.45) is 8.03. The Labute approximate surface area is 97.7 Å². The highest BCUT2D eigenvalue weighted by molar-refractivity contribution is 5.62. The Morgan fingerprint density at radius 3 is 2.50 bits per heavy atom. The molecule has 0 atom stereocenters. The van der Waals surface area contributed by atoms with Gasteiger partial charge in [-0.3, -0.25) is 9.80 Å². The van der Waals surface area contributed by atoms with Crippen LogP contribution in [0.15, 0.2) is 12.4 Å². The minimum absolute atomic E-state index is 0.833. The standard InChI is InChI=1S/C9H19N3.C2H4O2/c1-3-4-5-6-10-12-8-7-11(2)9-12;1-2(3)4/h7-8,10H,3-6,9H2,1-2H3;1H3,(H,3,4). The van der Waals surface area contributed by atoms with E-state index in [9.17, 15) is 0 Å². The molecule has 5 heteroatoms. The van der Waals surface area contributed by atoms with Crippen LogP contribution in [0.5, 0.6) is 0 Å². The van der Waals surface area contributed by atoms with E-state index in [0.29, 0.717) is 0 Å². The third-order valence-corrected chi connectivity index (χ3v) is 1.97. The van der Waals surface area contributed by atoms with E-state index >= 15 is 0 Å². The van der Waals surface area contributed by atoms with Gasteiger partial charge >= 0.3 is 0 Å². The molecule has 0 fully saturated rings. The van der Waals surface area contributed by atoms with E-state index in [-0.39, 0.29) is 0 Å². The molecule has 0 amide bonds. The van der Waals surface area contributed by atoms with E-state index in [2.05, 4.69) is 41.7 Å². The number of hydrogen-bond donors (Lipinski definition) is 2. The lowest BCUT2D eigenvalue weighted by Crippen LogP contribution is -2.35. The summed E-state index contributed by atoms with van der Waals surface area (Å²) in [5.74, 6) is -0.833. The molecule has 0 unspecified atom stereocenters. The molecule has 2 N–H and O–H groups in total. The van der Waals surface area contributed by atoms with Gasteiger partial charge in [0.15, 0.2) is 0 Å². The van der Waals surface area contributed by atoms with Crippen LogP contribution in [0.1, 0.15) is 33.1 Å². The topological polar surface area (TPSA) is 55.8 Å². The van der Waals surface area contributed by atoms with Gasteiger partial charge in [0.25, 0.3) is 5.97 Å². The second-order valence-electron chi connectivity index (χ2n) is 3.80. The van der Waals surface area contributed by atoms with Crippen molar-refractivity contribution in [2.45, 2.75) is 33.1 Å². The van der Waals surface area contributed by atoms with Gasteiger partial charge in [0.2, 0.25) is 0 Å². The molecule has 1 heterocycles. The zero-order valence-corrected chi connectivity index (χ0v) is 10.4. The van der Waals surface area contributed by atoms with E-state index in [4.69, 9.17) is 9.90 Å². The van der Waals surface area contributed by atoms with Crippen molar-refractivity contribution in [1.82, 2.24) is 15.3 Å². The molecule has 0 radical (unpaired) electrons. The molecule has 0 spiro atoms. The predicted molar refractivity (Wildman–Crippen MR) is 64.4 cm³/mol. The van der Waals surface area contributed by atoms with Crippen LogP contribution in [0.25, 0.3) is 0 Å². The number of rotatable bonds is 5. The van der Waals surface area contributed by atoms with Crippen LogP contribution in [0.2, 0.25) is 0 Å². The quantitative estimate of drug-likeness (QED) is 0.699. The van der Waals surface area contributed by atoms with Crippen molar-refractivity contribution in [2.24, 2.45) is 0 Å². The number of hydrazine groups is 1. The monoisotopic (exact) mass is 229 g/mol. The fourth-order valence-corrected chi connectivity index (χ4v) is 1.23. The molecule has 1 aliphatic heterocycles. The largest absolute Gasteiger partial charge is 0.481 e. The Hall–Kier alpha value is -1.23. The van der Waals surface area contributed by atoms with E-state index in [1.54, 1.807) is 0 Å². The number of nitrogens with zero attached hydrogens (tertiary/aromatic N) is 2. The summed E-state index contributed by atoms with van der Waals surface area (Å²) in [5.41, 5.74) is 3.35. The third-order valence-electron chi connectivity index (χ3n) is 1.97. The molecule has 1 rings (SSSR count). The molecule has 0 aromatic carbocycles. The van der Waals surface area contributed by atoms with Gasteiger partial charge in [-0.25, -0.2) is 5.43 Å². The molecule has 0 aromatic heterocycles. The highest BCUT2D eigenvalue weighted by Gasteiger charge is 2.05. The first kappa shape index (κ1) is 14.8. The van der Waals surface area contributed by atoms with Crippen LogP contribution < -0.4 is 5.43 Å². The average Bonchev–Trinajstić information content (AvgIpc) is 2.58. The lowest BCUT2D eigenvalue weighted by Gasteiger charge is -2.18. The zero-order valence-electron chi connectivity index (χ0n) is 10.4. The molecule has 0 saturated heterocycles. The van der Waals surface area contributed by atoms with Gasteiger partial charge in [0, 0.05) is 32.9 Å². The van der Waals surface area contributed by atoms with Crippen molar-refractivity contribution >= 4 is 5.97 Å². The highest BCUT2D eigenvalue weighted by atomic mass is 16.4. The fourth-order valence-electron chi connectivity index (χ4n) is 1.23. The van der Waals surface area contributed by atoms with Crippen molar-refractivity contribution in [2.75, 3.05) is 20.3 Å². The fraction of sp³-hybridized carbons (Fsp3) is 0.727. The summed E-state index contributed by atoms with van der Waals surface area (Å²) < 4.78 is 0. The maximum Gasteiger partial charge on any atom is 0.300 e. The van der Waals surface area contributed by atoms with E-state index in [0.717, 1.165) is 20.1 Å². The first-order valence-corrected chi connectivity index (χ1v) is 5.64. The Morgan fingerprint density at radius 2 is 2.06 bits per heavy atom. The Morgan fingerprint density at radius 1 is 1.44 bits per heavy atom. The smallest absolute Gasteiger partial charge is 0.300 e. The summed E-state index contributed by atoms with van der Waals surface area (Å²) in [6, 6.07) is 0. The number of aliphatic carboxylic acids is 1. The summed E-state index contributed by atoms with van der Waals surface area (Å²) in [5, 5.41) is 9.54. The number of unbranched alkanes of at least 4 members (excludes halogenated alkanes) is 2. The van der Waals surface area contributed by atoms with Crippen LogP contribution in [0, 0.1) is 0 Å². The van der Waals surface area contributed by atoms with Crippen molar-refractivity contribution in [3.8, 4) is 0 Å². The molecule has 0 saturated carbocycles. The van der Waals surface area contributed by atoms with Crippen LogP contribution in [-0.2, 0) is 4.79 Å². The maximum atomic E-state index is 9.00. The number of nitrogens with one attached hydrogen (secondary N) is 1. The molecule has 0 aromatic rings. The molecule has 1 aliphatic rings. The van der Waals surface area contributed by atoms with Crippen LogP contribution in [-0.4, -0.2) is 41.2 Å². The van der Waals surface area contributed by atoms with Crippen molar-refractivity contribution in [1.29, 1.82) is 0 Å². The first-order valence-electron chi connectivity index (χ1n) is 5.64. The van der Waals surface area contributed by atoms with Gasteiger partial charge in [0.1, 0.15) is 6.67 Å². The Bertz CT molecular complexity index is 215. The summed E-state index contributed by atoms with van der Waals surface area (Å²) >= 11 is 0. The molecule has 16 heavy (non-hydrogen) atoms. The molecular formula is C11H23N3O2.